The largest absolute Gasteiger partial charge is 0.486 e. The zero-order valence-electron chi connectivity index (χ0n) is 24.8. The molecule has 0 amide bonds. The van der Waals surface area contributed by atoms with Crippen LogP contribution >= 0.6 is 35.0 Å². The Labute approximate surface area is 253 Å². The Morgan fingerprint density at radius 2 is 1.57 bits per heavy atom. The molecule has 40 heavy (non-hydrogen) atoms. The van der Waals surface area contributed by atoms with E-state index in [1.807, 2.05) is 36.3 Å². The molecule has 5 nitrogen and oxygen atoms in total. The number of aliphatic hydroxyl groups is 1. The second-order valence-electron chi connectivity index (χ2n) is 12.7. The summed E-state index contributed by atoms with van der Waals surface area (Å²) in [6.07, 6.45) is 5.47. The van der Waals surface area contributed by atoms with E-state index >= 15 is 0 Å². The summed E-state index contributed by atoms with van der Waals surface area (Å²) in [6.45, 7) is 21.6. The van der Waals surface area contributed by atoms with Gasteiger partial charge < -0.3 is 9.84 Å². The first-order valence-electron chi connectivity index (χ1n) is 13.4. The van der Waals surface area contributed by atoms with Crippen LogP contribution in [0, 0.1) is 33.5 Å². The highest BCUT2D eigenvalue weighted by atomic mass is 35.5. The zero-order valence-corrected chi connectivity index (χ0v) is 27.1. The molecule has 2 aromatic heterocycles. The van der Waals surface area contributed by atoms with Crippen molar-refractivity contribution in [3.63, 3.8) is 0 Å². The lowest BCUT2D eigenvalue weighted by Gasteiger charge is -2.49. The number of thioether (sulfide) groups is 1. The van der Waals surface area contributed by atoms with Crippen molar-refractivity contribution in [3.8, 4) is 23.3 Å². The first-order chi connectivity index (χ1) is 18.5. The summed E-state index contributed by atoms with van der Waals surface area (Å²) in [5.41, 5.74) is 2.39. The molecule has 0 aliphatic heterocycles. The van der Waals surface area contributed by atoms with Gasteiger partial charge in [0.15, 0.2) is 5.16 Å². The Hall–Kier alpha value is -2.17. The average Bonchev–Trinajstić information content (AvgIpc) is 3.31. The predicted octanol–water partition coefficient (Wildman–Crippen LogP) is 8.47. The van der Waals surface area contributed by atoms with Crippen LogP contribution in [0.4, 0.5) is 0 Å². The number of aromatic nitrogens is 3. The molecule has 1 aliphatic carbocycles. The van der Waals surface area contributed by atoms with Crippen molar-refractivity contribution in [1.29, 1.82) is 0 Å². The first-order valence-corrected chi connectivity index (χ1v) is 15.0. The molecule has 8 heteroatoms. The summed E-state index contributed by atoms with van der Waals surface area (Å²) < 4.78 is 8.15. The molecule has 4 rings (SSSR count). The van der Waals surface area contributed by atoms with Crippen LogP contribution < -0.4 is 4.74 Å². The van der Waals surface area contributed by atoms with Crippen molar-refractivity contribution < 1.29 is 9.84 Å². The van der Waals surface area contributed by atoms with Crippen LogP contribution in [0.15, 0.2) is 48.0 Å². The highest BCUT2D eigenvalue weighted by Gasteiger charge is 2.74. The van der Waals surface area contributed by atoms with Gasteiger partial charge in [0.25, 0.3) is 0 Å². The number of aliphatic hydroxyl groups excluding tert-OH is 1. The van der Waals surface area contributed by atoms with Crippen LogP contribution in [-0.4, -0.2) is 31.0 Å². The molecule has 0 radical (unpaired) electrons. The minimum absolute atomic E-state index is 0.0228. The normalized spacial score (nSPS) is 19.6. The Balaban J connectivity index is 1.75. The molecule has 1 fully saturated rings. The maximum absolute atomic E-state index is 9.00. The van der Waals surface area contributed by atoms with Crippen molar-refractivity contribution in [3.05, 3.63) is 64.2 Å². The number of pyridine rings is 1. The zero-order chi connectivity index (χ0) is 29.7. The number of imidazole rings is 1. The van der Waals surface area contributed by atoms with E-state index in [2.05, 4.69) is 83.7 Å². The number of hydrogen-bond donors (Lipinski definition) is 1. The summed E-state index contributed by atoms with van der Waals surface area (Å²) in [4.78, 5) is 9.33. The molecule has 0 unspecified atom stereocenters. The van der Waals surface area contributed by atoms with E-state index in [0.29, 0.717) is 21.4 Å². The van der Waals surface area contributed by atoms with Gasteiger partial charge in [-0.15, -0.1) is 0 Å². The highest BCUT2D eigenvalue weighted by Crippen LogP contribution is 2.78. The van der Waals surface area contributed by atoms with E-state index in [4.69, 9.17) is 38.0 Å². The van der Waals surface area contributed by atoms with Gasteiger partial charge in [-0.3, -0.25) is 9.55 Å². The minimum Gasteiger partial charge on any atom is -0.486 e. The van der Waals surface area contributed by atoms with Gasteiger partial charge in [-0.1, -0.05) is 102 Å². The van der Waals surface area contributed by atoms with Crippen LogP contribution in [-0.2, 0) is 6.61 Å². The fraction of sp³-hybridized carbons (Fsp3) is 0.500. The quantitative estimate of drug-likeness (QED) is 0.288. The van der Waals surface area contributed by atoms with Crippen LogP contribution in [0.1, 0.15) is 73.6 Å². The van der Waals surface area contributed by atoms with Gasteiger partial charge in [0.05, 0.1) is 33.8 Å². The summed E-state index contributed by atoms with van der Waals surface area (Å²) >= 11 is 14.8. The lowest BCUT2D eigenvalue weighted by molar-refractivity contribution is 0.0135. The minimum atomic E-state index is -0.257. The Kier molecular flexibility index (Phi) is 8.15. The van der Waals surface area contributed by atoms with E-state index in [1.165, 1.54) is 0 Å². The third-order valence-corrected chi connectivity index (χ3v) is 13.3. The smallest absolute Gasteiger partial charge is 0.173 e. The van der Waals surface area contributed by atoms with Gasteiger partial charge in [0.1, 0.15) is 19.0 Å². The van der Waals surface area contributed by atoms with Crippen LogP contribution in [0.25, 0.3) is 5.69 Å². The number of ether oxygens (including phenoxy) is 1. The number of nitrogens with zero attached hydrogens (tertiary/aromatic N) is 3. The summed E-state index contributed by atoms with van der Waals surface area (Å²) in [6, 6.07) is 7.26. The van der Waals surface area contributed by atoms with Crippen molar-refractivity contribution in [1.82, 2.24) is 14.5 Å². The first kappa shape index (κ1) is 30.8. The maximum atomic E-state index is 9.00. The average molecular weight is 601 g/mol. The van der Waals surface area contributed by atoms with E-state index in [0.717, 1.165) is 16.5 Å². The maximum Gasteiger partial charge on any atom is 0.173 e. The molecule has 0 spiro atoms. The SMILES string of the molecule is CC1(C)C(C)(C)C(C)(C)C(C)(Sc2ncc(COc3cc(Cl)c(C#CCO)cc3Cl)n2-c2cccnc2)C1(C)C. The third kappa shape index (κ3) is 4.54. The summed E-state index contributed by atoms with van der Waals surface area (Å²) in [5, 5.41) is 10.7. The molecule has 1 aliphatic rings. The lowest BCUT2D eigenvalue weighted by Crippen LogP contribution is -2.47. The molecule has 2 heterocycles. The number of rotatable bonds is 6. The van der Waals surface area contributed by atoms with E-state index in [-0.39, 0.29) is 39.6 Å². The number of hydrogen-bond acceptors (Lipinski definition) is 5. The standard InChI is InChI=1S/C32H39Cl2N3O2S/c1-28(2)29(3,4)31(7,8)32(9,30(28,5)6)40-27-36-19-23(37(27)22-13-10-14-35-18-22)20-39-26-17-24(33)21(12-11-15-38)16-25(26)34/h10,13-14,16-19,38H,15,20H2,1-9H3. The summed E-state index contributed by atoms with van der Waals surface area (Å²) in [7, 11) is 0. The molecule has 0 bridgehead atoms. The fourth-order valence-corrected chi connectivity index (χ4v) is 8.52. The molecule has 0 atom stereocenters. The van der Waals surface area contributed by atoms with Gasteiger partial charge in [-0.2, -0.15) is 0 Å². The van der Waals surface area contributed by atoms with Crippen LogP contribution in [0.2, 0.25) is 10.0 Å². The summed E-state index contributed by atoms with van der Waals surface area (Å²) in [5.74, 6) is 5.85. The van der Waals surface area contributed by atoms with Crippen molar-refractivity contribution in [2.45, 2.75) is 78.8 Å². The second kappa shape index (κ2) is 10.6. The molecular weight excluding hydrogens is 561 g/mol. The van der Waals surface area contributed by atoms with Crippen molar-refractivity contribution >= 4 is 35.0 Å². The highest BCUT2D eigenvalue weighted by molar-refractivity contribution is 8.00. The van der Waals surface area contributed by atoms with Crippen LogP contribution in [0.5, 0.6) is 5.75 Å². The number of halogens is 2. The van der Waals surface area contributed by atoms with Gasteiger partial charge in [0.2, 0.25) is 0 Å². The third-order valence-electron chi connectivity index (χ3n) is 10.8. The van der Waals surface area contributed by atoms with Gasteiger partial charge in [-0.05, 0) is 46.8 Å². The fourth-order valence-electron chi connectivity index (χ4n) is 6.30. The van der Waals surface area contributed by atoms with Crippen LogP contribution in [0.3, 0.4) is 0 Å². The lowest BCUT2D eigenvalue weighted by atomic mass is 9.57. The second-order valence-corrected chi connectivity index (χ2v) is 14.9. The number of benzene rings is 1. The molecule has 1 aromatic carbocycles. The molecule has 3 aromatic rings. The molecule has 1 N–H and O–H groups in total. The van der Waals surface area contributed by atoms with Gasteiger partial charge >= 0.3 is 0 Å². The van der Waals surface area contributed by atoms with Gasteiger partial charge in [0, 0.05) is 22.6 Å². The predicted molar refractivity (Wildman–Crippen MR) is 166 cm³/mol. The van der Waals surface area contributed by atoms with Crippen molar-refractivity contribution in [2.24, 2.45) is 21.7 Å². The Morgan fingerprint density at radius 1 is 0.925 bits per heavy atom. The molecular formula is C32H39Cl2N3O2S. The molecule has 0 saturated heterocycles. The molecule has 214 valence electrons. The van der Waals surface area contributed by atoms with Gasteiger partial charge in [-0.25, -0.2) is 4.98 Å². The van der Waals surface area contributed by atoms with E-state index in [9.17, 15) is 0 Å². The van der Waals surface area contributed by atoms with E-state index in [1.54, 1.807) is 18.3 Å². The van der Waals surface area contributed by atoms with E-state index < -0.39 is 0 Å². The van der Waals surface area contributed by atoms with Crippen molar-refractivity contribution in [2.75, 3.05) is 6.61 Å². The Bertz CT molecular complexity index is 1440. The topological polar surface area (TPSA) is 60.2 Å². The molecule has 1 saturated carbocycles. The monoisotopic (exact) mass is 599 g/mol. The Morgan fingerprint density at radius 3 is 2.15 bits per heavy atom.